The Morgan fingerprint density at radius 3 is 2.50 bits per heavy atom. The van der Waals surface area contributed by atoms with Crippen LogP contribution in [0, 0.1) is 16.9 Å². The molecule has 28 heavy (non-hydrogen) atoms. The standard InChI is InChI=1S/C16H29N6O6/c17-2-1-3-21-6-9-12(24)13(25)10(19)16(27-9)28-15-7(5-22-20)4-8(18)11(23)14(15)26/h2-3,5,7-17,20,23-26H,1,4,6,18-19H2/q+1/t7-,8-,9-,10-,11+,12-,13-,14-,15-,16-/m1/s1. The Kier molecular flexibility index (Phi) is 8.31. The predicted octanol–water partition coefficient (Wildman–Crippen LogP) is -3.36. The van der Waals surface area contributed by atoms with Gasteiger partial charge in [0.15, 0.2) is 6.29 Å². The number of hydrogen-bond acceptors (Lipinski definition) is 11. The number of aliphatic imine (C=N–C) groups is 1. The Bertz CT molecular complexity index is 602. The smallest absolute Gasteiger partial charge is 0.312 e. The van der Waals surface area contributed by atoms with E-state index in [0.717, 1.165) is 6.21 Å². The number of ether oxygens (including phenoxy) is 2. The van der Waals surface area contributed by atoms with Crippen molar-refractivity contribution in [2.75, 3.05) is 6.54 Å². The van der Waals surface area contributed by atoms with E-state index in [1.165, 1.54) is 12.4 Å². The van der Waals surface area contributed by atoms with Crippen LogP contribution in [0.3, 0.4) is 0 Å². The highest BCUT2D eigenvalue weighted by Gasteiger charge is 2.49. The second kappa shape index (κ2) is 10.3. The van der Waals surface area contributed by atoms with Crippen LogP contribution in [0.2, 0.25) is 0 Å². The second-order valence-electron chi connectivity index (χ2n) is 7.01. The van der Waals surface area contributed by atoms with Crippen LogP contribution in [0.15, 0.2) is 4.99 Å². The normalized spacial score (nSPS) is 44.2. The molecule has 2 rings (SSSR count). The summed E-state index contributed by atoms with van der Waals surface area (Å²) < 4.78 is 11.4. The van der Waals surface area contributed by atoms with Gasteiger partial charge in [-0.1, -0.05) is 0 Å². The van der Waals surface area contributed by atoms with E-state index in [0.29, 0.717) is 6.42 Å². The van der Waals surface area contributed by atoms with E-state index in [-0.39, 0.29) is 13.0 Å². The first-order valence-corrected chi connectivity index (χ1v) is 9.03. The van der Waals surface area contributed by atoms with Crippen LogP contribution >= 0.6 is 0 Å². The number of rotatable bonds is 7. The van der Waals surface area contributed by atoms with E-state index >= 15 is 0 Å². The highest BCUT2D eigenvalue weighted by Crippen LogP contribution is 2.30. The molecule has 158 valence electrons. The third-order valence-electron chi connectivity index (χ3n) is 5.03. The second-order valence-corrected chi connectivity index (χ2v) is 7.01. The molecule has 2 fully saturated rings. The van der Waals surface area contributed by atoms with Gasteiger partial charge in [0.1, 0.15) is 30.5 Å². The fourth-order valence-electron chi connectivity index (χ4n) is 3.40. The summed E-state index contributed by atoms with van der Waals surface area (Å²) in [4.78, 5) is 7.25. The van der Waals surface area contributed by atoms with Gasteiger partial charge >= 0.3 is 6.21 Å². The van der Waals surface area contributed by atoms with Crippen molar-refractivity contribution in [3.05, 3.63) is 0 Å². The van der Waals surface area contributed by atoms with Crippen molar-refractivity contribution in [1.29, 1.82) is 10.9 Å². The van der Waals surface area contributed by atoms with E-state index in [1.54, 1.807) is 0 Å². The lowest BCUT2D eigenvalue weighted by Gasteiger charge is -2.45. The number of nitrogens with one attached hydrogen (secondary N) is 2. The number of hydrogen-bond donors (Lipinski definition) is 8. The predicted molar refractivity (Wildman–Crippen MR) is 97.4 cm³/mol. The molecule has 1 saturated carbocycles. The van der Waals surface area contributed by atoms with Gasteiger partial charge < -0.3 is 46.8 Å². The molecule has 10 N–H and O–H groups in total. The molecule has 0 unspecified atom stereocenters. The molecule has 1 saturated heterocycles. The maximum absolute atomic E-state index is 10.4. The van der Waals surface area contributed by atoms with Crippen molar-refractivity contribution in [3.8, 4) is 0 Å². The number of nitrogens with zero attached hydrogens (tertiary/aromatic N) is 2. The van der Waals surface area contributed by atoms with E-state index in [1.807, 2.05) is 0 Å². The van der Waals surface area contributed by atoms with E-state index in [2.05, 4.69) is 9.78 Å². The summed E-state index contributed by atoms with van der Waals surface area (Å²) in [6, 6.07) is -1.84. The first kappa shape index (κ1) is 22.7. The zero-order valence-electron chi connectivity index (χ0n) is 15.3. The molecule has 0 amide bonds. The summed E-state index contributed by atoms with van der Waals surface area (Å²) in [5.74, 6) is -0.574. The van der Waals surface area contributed by atoms with E-state index < -0.39 is 60.9 Å². The molecule has 1 aliphatic heterocycles. The summed E-state index contributed by atoms with van der Waals surface area (Å²) in [5.41, 5.74) is 18.8. The fraction of sp³-hybridized carbons (Fsp3) is 0.812. The average molecular weight is 401 g/mol. The molecule has 0 aromatic heterocycles. The van der Waals surface area contributed by atoms with Gasteiger partial charge in [-0.25, -0.2) is 0 Å². The molecule has 1 heterocycles. The minimum Gasteiger partial charge on any atom is -0.389 e. The van der Waals surface area contributed by atoms with Gasteiger partial charge in [-0.15, -0.1) is 0 Å². The van der Waals surface area contributed by atoms with E-state index in [9.17, 15) is 20.4 Å². The lowest BCUT2D eigenvalue weighted by atomic mass is 9.80. The van der Waals surface area contributed by atoms with Gasteiger partial charge in [0.25, 0.3) is 0 Å². The lowest BCUT2D eigenvalue weighted by molar-refractivity contribution is -0.290. The number of nitrogens with two attached hydrogens (primary N) is 2. The minimum absolute atomic E-state index is 0.0109. The Balaban J connectivity index is 2.14. The summed E-state index contributed by atoms with van der Waals surface area (Å²) in [6.45, 7) is 0.0109. The van der Waals surface area contributed by atoms with Gasteiger partial charge in [0.2, 0.25) is 0 Å². The first-order valence-electron chi connectivity index (χ1n) is 9.03. The average Bonchev–Trinajstić information content (AvgIpc) is 2.67. The molecular weight excluding hydrogens is 372 g/mol. The molecule has 2 aliphatic rings. The molecule has 0 spiro atoms. The molecule has 12 heteroatoms. The highest BCUT2D eigenvalue weighted by atomic mass is 16.7. The maximum Gasteiger partial charge on any atom is 0.312 e. The number of aliphatic hydroxyl groups is 4. The van der Waals surface area contributed by atoms with Gasteiger partial charge in [-0.05, 0) is 6.42 Å². The molecular formula is C16H29N6O6+. The molecule has 12 nitrogen and oxygen atoms in total. The summed E-state index contributed by atoms with van der Waals surface area (Å²) in [5, 5.41) is 47.8. The summed E-state index contributed by atoms with van der Waals surface area (Å²) >= 11 is 0. The molecule has 0 bridgehead atoms. The molecule has 0 aromatic carbocycles. The van der Waals surface area contributed by atoms with Crippen LogP contribution < -0.4 is 11.5 Å². The van der Waals surface area contributed by atoms with E-state index in [4.69, 9.17) is 31.9 Å². The van der Waals surface area contributed by atoms with Crippen molar-refractivity contribution >= 4 is 18.6 Å². The van der Waals surface area contributed by atoms with Crippen LogP contribution in [-0.2, 0) is 9.47 Å². The van der Waals surface area contributed by atoms with Crippen molar-refractivity contribution in [1.82, 2.24) is 0 Å². The zero-order chi connectivity index (χ0) is 20.8. The Morgan fingerprint density at radius 2 is 1.86 bits per heavy atom. The lowest BCUT2D eigenvalue weighted by Crippen LogP contribution is -2.65. The maximum atomic E-state index is 10.4. The fourth-order valence-corrected chi connectivity index (χ4v) is 3.40. The van der Waals surface area contributed by atoms with Crippen LogP contribution in [0.25, 0.3) is 0 Å². The molecule has 0 aromatic rings. The summed E-state index contributed by atoms with van der Waals surface area (Å²) in [6.07, 6.45) is -4.01. The van der Waals surface area contributed by atoms with Gasteiger partial charge in [0, 0.05) is 29.7 Å². The molecule has 1 aliphatic carbocycles. The Hall–Kier alpha value is -1.60. The topological polar surface area (TPSA) is 226 Å². The van der Waals surface area contributed by atoms with Crippen molar-refractivity contribution in [2.24, 2.45) is 22.4 Å². The SMILES string of the molecule is N=CCC=NC[C@H]1O[C@H](O[C@H]2[C@H](O)[C@@H](O)[C@H](N)C[C@@H]2C=[N+]=N)[C@H](N)[C@@H](O)[C@@H]1O. The Labute approximate surface area is 161 Å². The third kappa shape index (κ3) is 5.06. The minimum atomic E-state index is -1.38. The first-order chi connectivity index (χ1) is 13.3. The Morgan fingerprint density at radius 1 is 1.14 bits per heavy atom. The third-order valence-corrected chi connectivity index (χ3v) is 5.03. The summed E-state index contributed by atoms with van der Waals surface area (Å²) in [7, 11) is 0. The van der Waals surface area contributed by atoms with Gasteiger partial charge in [-0.2, -0.15) is 0 Å². The monoisotopic (exact) mass is 401 g/mol. The van der Waals surface area contributed by atoms with Crippen LogP contribution in [0.5, 0.6) is 0 Å². The largest absolute Gasteiger partial charge is 0.389 e. The zero-order valence-corrected chi connectivity index (χ0v) is 15.3. The van der Waals surface area contributed by atoms with Gasteiger partial charge in [-0.3, -0.25) is 4.99 Å². The van der Waals surface area contributed by atoms with Crippen LogP contribution in [-0.4, -0.2) is 105 Å². The van der Waals surface area contributed by atoms with Crippen molar-refractivity contribution < 1.29 is 34.7 Å². The van der Waals surface area contributed by atoms with Crippen LogP contribution in [0.4, 0.5) is 0 Å². The van der Waals surface area contributed by atoms with Crippen molar-refractivity contribution in [2.45, 2.75) is 67.8 Å². The van der Waals surface area contributed by atoms with Crippen molar-refractivity contribution in [3.63, 3.8) is 0 Å². The van der Waals surface area contributed by atoms with Crippen LogP contribution in [0.1, 0.15) is 12.8 Å². The van der Waals surface area contributed by atoms with Gasteiger partial charge in [0.05, 0.1) is 30.1 Å². The molecule has 0 radical (unpaired) electrons. The quantitative estimate of drug-likeness (QED) is 0.122. The molecule has 10 atom stereocenters. The highest BCUT2D eigenvalue weighted by molar-refractivity contribution is 5.77. The number of aliphatic hydroxyl groups excluding tert-OH is 4.